The number of benzene rings is 1. The predicted molar refractivity (Wildman–Crippen MR) is 83.0 cm³/mol. The second-order valence-corrected chi connectivity index (χ2v) is 6.02. The molecule has 1 unspecified atom stereocenters. The fourth-order valence-electron chi connectivity index (χ4n) is 2.85. The van der Waals surface area contributed by atoms with Crippen LogP contribution in [0.1, 0.15) is 18.7 Å². The van der Waals surface area contributed by atoms with Crippen LogP contribution in [0.25, 0.3) is 10.9 Å². The first-order chi connectivity index (χ1) is 10.5. The number of H-pyrrole nitrogens is 1. The summed E-state index contributed by atoms with van der Waals surface area (Å²) in [5.74, 6) is -0.565. The molecule has 1 aromatic heterocycles. The van der Waals surface area contributed by atoms with Crippen molar-refractivity contribution in [2.45, 2.75) is 19.4 Å². The van der Waals surface area contributed by atoms with Gasteiger partial charge in [0.15, 0.2) is 0 Å². The van der Waals surface area contributed by atoms with E-state index in [2.05, 4.69) is 9.97 Å². The number of aromatic nitrogens is 2. The maximum atomic E-state index is 12.1. The number of hydrogen-bond donors (Lipinski definition) is 2. The number of carboxylic acids is 1. The van der Waals surface area contributed by atoms with Gasteiger partial charge in [-0.05, 0) is 37.6 Å². The van der Waals surface area contributed by atoms with Crippen LogP contribution in [0.5, 0.6) is 0 Å². The van der Waals surface area contributed by atoms with Crippen molar-refractivity contribution in [2.24, 2.45) is 5.92 Å². The van der Waals surface area contributed by atoms with E-state index in [1.165, 1.54) is 0 Å². The number of rotatable bonds is 3. The van der Waals surface area contributed by atoms with E-state index in [1.54, 1.807) is 18.2 Å². The van der Waals surface area contributed by atoms with E-state index < -0.39 is 5.97 Å². The molecule has 2 aromatic rings. The number of aromatic amines is 1. The molecule has 7 heteroatoms. The first-order valence-electron chi connectivity index (χ1n) is 7.16. The van der Waals surface area contributed by atoms with Crippen LogP contribution >= 0.6 is 11.6 Å². The zero-order valence-corrected chi connectivity index (χ0v) is 12.6. The smallest absolute Gasteiger partial charge is 0.307 e. The Morgan fingerprint density at radius 1 is 1.50 bits per heavy atom. The zero-order chi connectivity index (χ0) is 15.7. The van der Waals surface area contributed by atoms with Gasteiger partial charge >= 0.3 is 5.97 Å². The first kappa shape index (κ1) is 15.0. The van der Waals surface area contributed by atoms with Crippen molar-refractivity contribution >= 4 is 28.5 Å². The Morgan fingerprint density at radius 3 is 3.09 bits per heavy atom. The fourth-order valence-corrected chi connectivity index (χ4v) is 3.02. The van der Waals surface area contributed by atoms with Crippen molar-refractivity contribution in [3.05, 3.63) is 39.4 Å². The maximum Gasteiger partial charge on any atom is 0.307 e. The summed E-state index contributed by atoms with van der Waals surface area (Å²) >= 11 is 5.89. The van der Waals surface area contributed by atoms with Crippen molar-refractivity contribution < 1.29 is 9.90 Å². The van der Waals surface area contributed by atoms with Crippen molar-refractivity contribution in [1.82, 2.24) is 14.9 Å². The van der Waals surface area contributed by atoms with Gasteiger partial charge in [0.2, 0.25) is 0 Å². The second-order valence-electron chi connectivity index (χ2n) is 5.59. The molecule has 6 nitrogen and oxygen atoms in total. The van der Waals surface area contributed by atoms with Crippen molar-refractivity contribution in [1.29, 1.82) is 0 Å². The summed E-state index contributed by atoms with van der Waals surface area (Å²) in [6, 6.07) is 5.00. The number of carboxylic acid groups (broad SMARTS) is 1. The minimum Gasteiger partial charge on any atom is -0.481 e. The number of piperidine rings is 1. The summed E-state index contributed by atoms with van der Waals surface area (Å²) in [7, 11) is 0. The van der Waals surface area contributed by atoms with Gasteiger partial charge in [-0.1, -0.05) is 11.6 Å². The van der Waals surface area contributed by atoms with Gasteiger partial charge in [0, 0.05) is 11.6 Å². The molecule has 2 heterocycles. The lowest BCUT2D eigenvalue weighted by Crippen LogP contribution is -2.38. The van der Waals surface area contributed by atoms with E-state index in [0.29, 0.717) is 41.3 Å². The third kappa shape index (κ3) is 3.13. The van der Waals surface area contributed by atoms with E-state index >= 15 is 0 Å². The molecule has 3 rings (SSSR count). The Labute approximate surface area is 131 Å². The van der Waals surface area contributed by atoms with Crippen molar-refractivity contribution in [3.63, 3.8) is 0 Å². The summed E-state index contributed by atoms with van der Waals surface area (Å²) in [4.78, 5) is 32.4. The number of aliphatic carboxylic acids is 1. The van der Waals surface area contributed by atoms with Crippen LogP contribution < -0.4 is 5.56 Å². The quantitative estimate of drug-likeness (QED) is 0.901. The molecule has 116 valence electrons. The molecule has 22 heavy (non-hydrogen) atoms. The number of fused-ring (bicyclic) bond motifs is 1. The van der Waals surface area contributed by atoms with E-state index in [4.69, 9.17) is 16.7 Å². The molecule has 0 saturated carbocycles. The highest BCUT2D eigenvalue weighted by Gasteiger charge is 2.25. The van der Waals surface area contributed by atoms with Crippen LogP contribution in [0.15, 0.2) is 23.0 Å². The van der Waals surface area contributed by atoms with Crippen LogP contribution in [0, 0.1) is 5.92 Å². The summed E-state index contributed by atoms with van der Waals surface area (Å²) in [5.41, 5.74) is 0.365. The molecule has 1 atom stereocenters. The van der Waals surface area contributed by atoms with Crippen LogP contribution in [0.4, 0.5) is 0 Å². The summed E-state index contributed by atoms with van der Waals surface area (Å²) in [6.45, 7) is 1.74. The molecule has 2 N–H and O–H groups in total. The first-order valence-corrected chi connectivity index (χ1v) is 7.54. The summed E-state index contributed by atoms with van der Waals surface area (Å²) in [6.07, 6.45) is 1.54. The van der Waals surface area contributed by atoms with Gasteiger partial charge in [-0.2, -0.15) is 0 Å². The monoisotopic (exact) mass is 321 g/mol. The highest BCUT2D eigenvalue weighted by molar-refractivity contribution is 6.31. The van der Waals surface area contributed by atoms with Crippen molar-refractivity contribution in [3.8, 4) is 0 Å². The lowest BCUT2D eigenvalue weighted by atomic mass is 9.98. The molecule has 0 aliphatic carbocycles. The van der Waals surface area contributed by atoms with E-state index in [9.17, 15) is 9.59 Å². The van der Waals surface area contributed by atoms with Crippen LogP contribution in [-0.4, -0.2) is 39.0 Å². The van der Waals surface area contributed by atoms with E-state index in [1.807, 2.05) is 4.90 Å². The molecule has 1 aromatic carbocycles. The second kappa shape index (κ2) is 6.06. The number of likely N-dealkylation sites (tertiary alicyclic amines) is 1. The predicted octanol–water partition coefficient (Wildman–Crippen LogP) is 1.87. The maximum absolute atomic E-state index is 12.1. The van der Waals surface area contributed by atoms with Crippen LogP contribution in [0.3, 0.4) is 0 Å². The Bertz CT molecular complexity index is 774. The van der Waals surface area contributed by atoms with E-state index in [0.717, 1.165) is 13.0 Å². The Balaban J connectivity index is 1.83. The Hall–Kier alpha value is -1.92. The lowest BCUT2D eigenvalue weighted by molar-refractivity contribution is -0.143. The lowest BCUT2D eigenvalue weighted by Gasteiger charge is -2.30. The molecule has 0 bridgehead atoms. The number of hydrogen-bond acceptors (Lipinski definition) is 4. The van der Waals surface area contributed by atoms with Gasteiger partial charge in [0.1, 0.15) is 5.82 Å². The number of nitrogens with one attached hydrogen (secondary N) is 1. The van der Waals surface area contributed by atoms with Crippen LogP contribution in [0.2, 0.25) is 5.02 Å². The van der Waals surface area contributed by atoms with Gasteiger partial charge < -0.3 is 10.1 Å². The molecule has 0 amide bonds. The molecule has 1 saturated heterocycles. The minimum absolute atomic E-state index is 0.228. The standard InChI is InChI=1S/C15H16ClN3O3/c16-10-3-4-12-11(6-10)14(20)18-13(17-12)8-19-5-1-2-9(7-19)15(21)22/h3-4,6,9H,1-2,5,7-8H2,(H,21,22)(H,17,18,20). The number of nitrogens with zero attached hydrogens (tertiary/aromatic N) is 2. The SMILES string of the molecule is O=C(O)C1CCCN(Cc2nc3ccc(Cl)cc3c(=O)[nH]2)C1. The minimum atomic E-state index is -0.765. The van der Waals surface area contributed by atoms with Crippen LogP contribution in [-0.2, 0) is 11.3 Å². The number of carbonyl (C=O) groups is 1. The largest absolute Gasteiger partial charge is 0.481 e. The van der Waals surface area contributed by atoms with Gasteiger partial charge in [0.25, 0.3) is 5.56 Å². The normalized spacial score (nSPS) is 19.4. The molecule has 0 spiro atoms. The third-order valence-corrected chi connectivity index (χ3v) is 4.18. The highest BCUT2D eigenvalue weighted by Crippen LogP contribution is 2.19. The number of halogens is 1. The van der Waals surface area contributed by atoms with Gasteiger partial charge in [0.05, 0.1) is 23.4 Å². The Kier molecular flexibility index (Phi) is 4.13. The fraction of sp³-hybridized carbons (Fsp3) is 0.400. The molecule has 1 aliphatic heterocycles. The molecule has 0 radical (unpaired) electrons. The van der Waals surface area contributed by atoms with Gasteiger partial charge in [-0.15, -0.1) is 0 Å². The molecule has 1 fully saturated rings. The average Bonchev–Trinajstić information content (AvgIpc) is 2.48. The zero-order valence-electron chi connectivity index (χ0n) is 11.9. The van der Waals surface area contributed by atoms with Gasteiger partial charge in [-0.3, -0.25) is 14.5 Å². The summed E-state index contributed by atoms with van der Waals surface area (Å²) in [5, 5.41) is 10.1. The van der Waals surface area contributed by atoms with E-state index in [-0.39, 0.29) is 11.5 Å². The molecular formula is C15H16ClN3O3. The summed E-state index contributed by atoms with van der Waals surface area (Å²) < 4.78 is 0. The Morgan fingerprint density at radius 2 is 2.32 bits per heavy atom. The van der Waals surface area contributed by atoms with Gasteiger partial charge in [-0.25, -0.2) is 4.98 Å². The average molecular weight is 322 g/mol. The topological polar surface area (TPSA) is 86.3 Å². The van der Waals surface area contributed by atoms with Crippen molar-refractivity contribution in [2.75, 3.05) is 13.1 Å². The highest BCUT2D eigenvalue weighted by atomic mass is 35.5. The molecular weight excluding hydrogens is 306 g/mol. The molecule has 1 aliphatic rings. The third-order valence-electron chi connectivity index (χ3n) is 3.94.